The lowest BCUT2D eigenvalue weighted by atomic mass is 9.93. The molecule has 1 saturated heterocycles. The molecule has 0 spiro atoms. The average Bonchev–Trinajstić information content (AvgIpc) is 3.14. The standard InChI is InChI=1S/C28H36N4O4/c1-29(2)16-17-31(20-21-8-5-4-6-9-21)26(33)22-12-14-30(15-13-22)24-11-7-10-23-25(24)28(35)32(27(23)34)18-19-36-3/h4-11,22H,12-20H2,1-3H3. The Balaban J connectivity index is 1.44. The largest absolute Gasteiger partial charge is 0.383 e. The third kappa shape index (κ3) is 5.60. The van der Waals surface area contributed by atoms with Crippen LogP contribution in [0.15, 0.2) is 48.5 Å². The number of nitrogens with zero attached hydrogens (tertiary/aromatic N) is 4. The lowest BCUT2D eigenvalue weighted by Crippen LogP contribution is -2.44. The number of hydrogen-bond donors (Lipinski definition) is 0. The van der Waals surface area contributed by atoms with Gasteiger partial charge in [-0.15, -0.1) is 0 Å². The van der Waals surface area contributed by atoms with Crippen LogP contribution in [0, 0.1) is 5.92 Å². The highest BCUT2D eigenvalue weighted by Crippen LogP contribution is 2.34. The van der Waals surface area contributed by atoms with Gasteiger partial charge >= 0.3 is 0 Å². The lowest BCUT2D eigenvalue weighted by Gasteiger charge is -2.36. The number of amides is 3. The predicted molar refractivity (Wildman–Crippen MR) is 139 cm³/mol. The van der Waals surface area contributed by atoms with Gasteiger partial charge in [-0.25, -0.2) is 0 Å². The van der Waals surface area contributed by atoms with Gasteiger partial charge in [-0.3, -0.25) is 19.3 Å². The fourth-order valence-electron chi connectivity index (χ4n) is 4.98. The number of benzene rings is 2. The van der Waals surface area contributed by atoms with Crippen molar-refractivity contribution >= 4 is 23.4 Å². The molecule has 0 aliphatic carbocycles. The normalized spacial score (nSPS) is 16.1. The molecule has 4 rings (SSSR count). The zero-order valence-electron chi connectivity index (χ0n) is 21.5. The second-order valence-corrected chi connectivity index (χ2v) is 9.76. The Bertz CT molecular complexity index is 1080. The first-order valence-corrected chi connectivity index (χ1v) is 12.6. The van der Waals surface area contributed by atoms with Gasteiger partial charge < -0.3 is 19.4 Å². The minimum absolute atomic E-state index is 0.0561. The molecule has 2 aromatic carbocycles. The monoisotopic (exact) mass is 492 g/mol. The maximum atomic E-state index is 13.6. The quantitative estimate of drug-likeness (QED) is 0.475. The zero-order chi connectivity index (χ0) is 25.7. The molecular weight excluding hydrogens is 456 g/mol. The summed E-state index contributed by atoms with van der Waals surface area (Å²) in [5.74, 6) is -0.398. The highest BCUT2D eigenvalue weighted by Gasteiger charge is 2.39. The third-order valence-electron chi connectivity index (χ3n) is 7.03. The molecule has 0 bridgehead atoms. The van der Waals surface area contributed by atoms with E-state index in [-0.39, 0.29) is 30.2 Å². The molecule has 8 nitrogen and oxygen atoms in total. The van der Waals surface area contributed by atoms with Crippen LogP contribution < -0.4 is 4.90 Å². The number of piperidine rings is 1. The number of anilines is 1. The van der Waals surface area contributed by atoms with Crippen molar-refractivity contribution in [3.05, 3.63) is 65.2 Å². The van der Waals surface area contributed by atoms with Gasteiger partial charge in [0.15, 0.2) is 0 Å². The summed E-state index contributed by atoms with van der Waals surface area (Å²) in [5, 5.41) is 0. The summed E-state index contributed by atoms with van der Waals surface area (Å²) in [4.78, 5) is 46.9. The average molecular weight is 493 g/mol. The van der Waals surface area contributed by atoms with Gasteiger partial charge in [-0.1, -0.05) is 36.4 Å². The van der Waals surface area contributed by atoms with Gasteiger partial charge in [-0.05, 0) is 44.6 Å². The molecule has 0 atom stereocenters. The number of fused-ring (bicyclic) bond motifs is 1. The van der Waals surface area contributed by atoms with Gasteiger partial charge in [0.25, 0.3) is 11.8 Å². The van der Waals surface area contributed by atoms with Gasteiger partial charge in [0, 0.05) is 45.8 Å². The number of likely N-dealkylation sites (N-methyl/N-ethyl adjacent to an activating group) is 1. The Kier molecular flexibility index (Phi) is 8.38. The summed E-state index contributed by atoms with van der Waals surface area (Å²) in [7, 11) is 5.59. The molecule has 0 saturated carbocycles. The lowest BCUT2D eigenvalue weighted by molar-refractivity contribution is -0.137. The van der Waals surface area contributed by atoms with Crippen LogP contribution in [0.3, 0.4) is 0 Å². The molecule has 2 aromatic rings. The second kappa shape index (κ2) is 11.7. The molecule has 0 unspecified atom stereocenters. The Hall–Kier alpha value is -3.23. The van der Waals surface area contributed by atoms with Crippen molar-refractivity contribution in [2.75, 3.05) is 65.4 Å². The summed E-state index contributed by atoms with van der Waals surface area (Å²) in [6.07, 6.45) is 1.43. The molecule has 8 heteroatoms. The van der Waals surface area contributed by atoms with Crippen LogP contribution in [-0.2, 0) is 16.1 Å². The highest BCUT2D eigenvalue weighted by molar-refractivity contribution is 6.23. The number of rotatable bonds is 10. The van der Waals surface area contributed by atoms with Crippen molar-refractivity contribution in [2.45, 2.75) is 19.4 Å². The minimum atomic E-state index is -0.267. The van der Waals surface area contributed by atoms with Gasteiger partial charge in [0.1, 0.15) is 0 Å². The molecule has 0 radical (unpaired) electrons. The van der Waals surface area contributed by atoms with Crippen LogP contribution in [0.4, 0.5) is 5.69 Å². The minimum Gasteiger partial charge on any atom is -0.383 e. The molecule has 1 fully saturated rings. The Morgan fingerprint density at radius 3 is 2.36 bits per heavy atom. The van der Waals surface area contributed by atoms with Gasteiger partial charge in [-0.2, -0.15) is 0 Å². The number of carbonyl (C=O) groups is 3. The number of imide groups is 1. The van der Waals surface area contributed by atoms with Crippen molar-refractivity contribution in [3.63, 3.8) is 0 Å². The fraction of sp³-hybridized carbons (Fsp3) is 0.464. The van der Waals surface area contributed by atoms with E-state index in [1.165, 1.54) is 4.90 Å². The molecule has 2 aliphatic heterocycles. The van der Waals surface area contributed by atoms with E-state index >= 15 is 0 Å². The van der Waals surface area contributed by atoms with E-state index in [1.54, 1.807) is 13.2 Å². The molecule has 36 heavy (non-hydrogen) atoms. The molecule has 2 heterocycles. The van der Waals surface area contributed by atoms with Crippen LogP contribution in [0.5, 0.6) is 0 Å². The highest BCUT2D eigenvalue weighted by atomic mass is 16.5. The number of ether oxygens (including phenoxy) is 1. The van der Waals surface area contributed by atoms with Crippen molar-refractivity contribution in [3.8, 4) is 0 Å². The third-order valence-corrected chi connectivity index (χ3v) is 7.03. The molecule has 2 aliphatic rings. The first-order chi connectivity index (χ1) is 17.4. The zero-order valence-corrected chi connectivity index (χ0v) is 21.5. The van der Waals surface area contributed by atoms with Crippen molar-refractivity contribution in [1.82, 2.24) is 14.7 Å². The Morgan fingerprint density at radius 1 is 0.972 bits per heavy atom. The molecular formula is C28H36N4O4. The van der Waals surface area contributed by atoms with Crippen molar-refractivity contribution in [1.29, 1.82) is 0 Å². The predicted octanol–water partition coefficient (Wildman–Crippen LogP) is 2.74. The van der Waals surface area contributed by atoms with Crippen molar-refractivity contribution < 1.29 is 19.1 Å². The molecule has 3 amide bonds. The van der Waals surface area contributed by atoms with E-state index in [1.807, 2.05) is 49.3 Å². The van der Waals surface area contributed by atoms with Gasteiger partial charge in [0.05, 0.1) is 30.0 Å². The van der Waals surface area contributed by atoms with Crippen LogP contribution in [-0.4, -0.2) is 93.0 Å². The molecule has 192 valence electrons. The summed E-state index contributed by atoms with van der Waals surface area (Å²) in [6.45, 7) is 3.97. The Morgan fingerprint density at radius 2 is 1.69 bits per heavy atom. The number of methoxy groups -OCH3 is 1. The van der Waals surface area contributed by atoms with Crippen LogP contribution in [0.25, 0.3) is 0 Å². The number of carbonyl (C=O) groups excluding carboxylic acids is 3. The number of hydrogen-bond acceptors (Lipinski definition) is 6. The first kappa shape index (κ1) is 25.9. The molecule has 0 aromatic heterocycles. The topological polar surface area (TPSA) is 73.4 Å². The van der Waals surface area contributed by atoms with Crippen molar-refractivity contribution in [2.24, 2.45) is 5.92 Å². The summed E-state index contributed by atoms with van der Waals surface area (Å²) in [5.41, 5.74) is 2.83. The van der Waals surface area contributed by atoms with E-state index in [9.17, 15) is 14.4 Å². The van der Waals surface area contributed by atoms with E-state index in [4.69, 9.17) is 4.74 Å². The van der Waals surface area contributed by atoms with E-state index in [0.717, 1.165) is 17.8 Å². The summed E-state index contributed by atoms with van der Waals surface area (Å²) in [6, 6.07) is 15.6. The maximum absolute atomic E-state index is 13.6. The Labute approximate surface area is 213 Å². The van der Waals surface area contributed by atoms with Crippen LogP contribution >= 0.6 is 0 Å². The summed E-state index contributed by atoms with van der Waals surface area (Å²) < 4.78 is 5.07. The smallest absolute Gasteiger partial charge is 0.263 e. The summed E-state index contributed by atoms with van der Waals surface area (Å²) >= 11 is 0. The van der Waals surface area contributed by atoms with E-state index in [2.05, 4.69) is 21.9 Å². The van der Waals surface area contributed by atoms with Crippen LogP contribution in [0.1, 0.15) is 39.1 Å². The van der Waals surface area contributed by atoms with E-state index in [0.29, 0.717) is 56.8 Å². The van der Waals surface area contributed by atoms with Crippen LogP contribution in [0.2, 0.25) is 0 Å². The first-order valence-electron chi connectivity index (χ1n) is 12.6. The SMILES string of the molecule is COCCN1C(=O)c2cccc(N3CCC(C(=O)N(CCN(C)C)Cc4ccccc4)CC3)c2C1=O. The fourth-order valence-corrected chi connectivity index (χ4v) is 4.98. The molecule has 0 N–H and O–H groups in total. The maximum Gasteiger partial charge on any atom is 0.263 e. The van der Waals surface area contributed by atoms with E-state index < -0.39 is 0 Å². The van der Waals surface area contributed by atoms with Gasteiger partial charge in [0.2, 0.25) is 5.91 Å². The second-order valence-electron chi connectivity index (χ2n) is 9.76.